The maximum atomic E-state index is 9.85. The Morgan fingerprint density at radius 1 is 1.50 bits per heavy atom. The summed E-state index contributed by atoms with van der Waals surface area (Å²) < 4.78 is 12.0. The molecular formula is C9H18O6S. The van der Waals surface area contributed by atoms with E-state index < -0.39 is 36.0 Å². The quantitative estimate of drug-likeness (QED) is 0.256. The molecule has 0 aromatic carbocycles. The second-order valence-corrected chi connectivity index (χ2v) is 3.54. The molecule has 0 aliphatic heterocycles. The van der Waals surface area contributed by atoms with Gasteiger partial charge in [-0.05, 0) is 6.42 Å². The van der Waals surface area contributed by atoms with Crippen molar-refractivity contribution >= 4 is 17.6 Å². The summed E-state index contributed by atoms with van der Waals surface area (Å²) in [6.45, 7) is 0.931. The first-order chi connectivity index (χ1) is 7.81. The van der Waals surface area contributed by atoms with Crippen LogP contribution in [0.2, 0.25) is 0 Å². The van der Waals surface area contributed by atoms with Gasteiger partial charge in [-0.3, -0.25) is 0 Å². The van der Waals surface area contributed by atoms with Gasteiger partial charge in [0, 0.05) is 5.34 Å². The van der Waals surface area contributed by atoms with Gasteiger partial charge in [-0.1, -0.05) is 19.1 Å². The minimum atomic E-state index is -2.55. The number of aliphatic hydroxyl groups is 5. The Balaban J connectivity index is 4.86. The molecule has 5 N–H and O–H groups in total. The van der Waals surface area contributed by atoms with E-state index in [9.17, 15) is 15.3 Å². The van der Waals surface area contributed by atoms with Gasteiger partial charge in [-0.2, -0.15) is 0 Å². The van der Waals surface area contributed by atoms with Gasteiger partial charge in [0.1, 0.15) is 18.3 Å². The van der Waals surface area contributed by atoms with E-state index in [1.54, 1.807) is 6.92 Å². The highest BCUT2D eigenvalue weighted by Gasteiger charge is 2.41. The van der Waals surface area contributed by atoms with Gasteiger partial charge in [0.05, 0.1) is 14.6 Å². The number of aliphatic hydroxyl groups excluding tert-OH is 4. The molecule has 0 amide bonds. The molecule has 0 unspecified atom stereocenters. The van der Waals surface area contributed by atoms with Crippen molar-refractivity contribution in [1.82, 2.24) is 0 Å². The van der Waals surface area contributed by atoms with Crippen LogP contribution in [0.5, 0.6) is 0 Å². The third-order valence-corrected chi connectivity index (χ3v) is 2.27. The smallest absolute Gasteiger partial charge is 0.225 e. The fraction of sp³-hybridized carbons (Fsp3) is 0.889. The molecule has 7 heteroatoms. The van der Waals surface area contributed by atoms with E-state index in [2.05, 4.69) is 12.2 Å². The second-order valence-electron chi connectivity index (χ2n) is 3.33. The lowest BCUT2D eigenvalue weighted by Crippen LogP contribution is -2.56. The number of rotatable bonds is 8. The molecule has 0 aromatic rings. The highest BCUT2D eigenvalue weighted by molar-refractivity contribution is 7.79. The van der Waals surface area contributed by atoms with Crippen molar-refractivity contribution in [2.24, 2.45) is 0 Å². The van der Waals surface area contributed by atoms with Crippen LogP contribution in [0.15, 0.2) is 0 Å². The molecule has 0 bridgehead atoms. The average Bonchev–Trinajstić information content (AvgIpc) is 2.32. The first-order valence-corrected chi connectivity index (χ1v) is 5.24. The number of hydrogen-bond donors (Lipinski definition) is 5. The molecule has 6 nitrogen and oxygen atoms in total. The topological polar surface area (TPSA) is 110 Å². The Hall–Kier alpha value is -0.150. The molecule has 0 heterocycles. The van der Waals surface area contributed by atoms with Crippen LogP contribution in [-0.4, -0.2) is 68.2 Å². The number of thiocarbonyl (C=S) groups is 1. The minimum absolute atomic E-state index is 0.00845. The van der Waals surface area contributed by atoms with E-state index >= 15 is 0 Å². The summed E-state index contributed by atoms with van der Waals surface area (Å²) in [6.07, 6.45) is -5.08. The normalized spacial score (nSPS) is 21.8. The van der Waals surface area contributed by atoms with Gasteiger partial charge in [-0.15, -0.1) is 0 Å². The lowest BCUT2D eigenvalue weighted by atomic mass is 10.0. The van der Waals surface area contributed by atoms with Crippen LogP contribution in [0.25, 0.3) is 0 Å². The number of ether oxygens (including phenoxy) is 1. The molecule has 16 heavy (non-hydrogen) atoms. The molecule has 4 atom stereocenters. The highest BCUT2D eigenvalue weighted by atomic mass is 32.1. The van der Waals surface area contributed by atoms with Gasteiger partial charge in [-0.25, -0.2) is 0 Å². The summed E-state index contributed by atoms with van der Waals surface area (Å²) in [7, 11) is 0. The number of hydrogen-bond acceptors (Lipinski definition) is 7. The summed E-state index contributed by atoms with van der Waals surface area (Å²) in [5.41, 5.74) is 0. The lowest BCUT2D eigenvalue weighted by molar-refractivity contribution is -0.238. The van der Waals surface area contributed by atoms with Crippen molar-refractivity contribution in [3.05, 3.63) is 0 Å². The van der Waals surface area contributed by atoms with Crippen molar-refractivity contribution in [3.8, 4) is 0 Å². The van der Waals surface area contributed by atoms with E-state index in [-0.39, 0.29) is 6.61 Å². The van der Waals surface area contributed by atoms with Crippen molar-refractivity contribution < 1.29 is 31.6 Å². The van der Waals surface area contributed by atoms with Crippen molar-refractivity contribution in [3.63, 3.8) is 0 Å². The summed E-state index contributed by atoms with van der Waals surface area (Å²) in [6, 6.07) is 0. The van der Waals surface area contributed by atoms with Crippen LogP contribution >= 0.6 is 12.2 Å². The zero-order valence-corrected chi connectivity index (χ0v) is 9.72. The molecule has 0 aliphatic rings. The van der Waals surface area contributed by atoms with Crippen LogP contribution in [-0.2, 0) is 4.74 Å². The van der Waals surface area contributed by atoms with Crippen molar-refractivity contribution in [2.45, 2.75) is 37.4 Å². The van der Waals surface area contributed by atoms with Crippen LogP contribution in [0.4, 0.5) is 0 Å². The molecule has 0 fully saturated rings. The second kappa shape index (κ2) is 7.23. The van der Waals surface area contributed by atoms with Crippen molar-refractivity contribution in [1.29, 1.82) is 0 Å². The SMILES string of the molecule is [2H]C(=S)[C@@](O)(OCCC)[C@@H](O)[C@H](O)[C@H](O)CO. The minimum Gasteiger partial charge on any atom is -0.394 e. The monoisotopic (exact) mass is 255 g/mol. The fourth-order valence-corrected chi connectivity index (χ4v) is 1.16. The highest BCUT2D eigenvalue weighted by Crippen LogP contribution is 2.16. The molecule has 0 rings (SSSR count). The van der Waals surface area contributed by atoms with E-state index in [0.29, 0.717) is 6.42 Å². The summed E-state index contributed by atoms with van der Waals surface area (Å²) in [5.74, 6) is -2.55. The van der Waals surface area contributed by atoms with Crippen molar-refractivity contribution in [2.75, 3.05) is 13.2 Å². The van der Waals surface area contributed by atoms with E-state index in [0.717, 1.165) is 0 Å². The van der Waals surface area contributed by atoms with Crippen LogP contribution in [0.3, 0.4) is 0 Å². The molecule has 0 aliphatic carbocycles. The molecule has 0 aromatic heterocycles. The zero-order chi connectivity index (χ0) is 13.6. The van der Waals surface area contributed by atoms with Gasteiger partial charge in [0.25, 0.3) is 0 Å². The third-order valence-electron chi connectivity index (χ3n) is 1.98. The first kappa shape index (κ1) is 13.9. The van der Waals surface area contributed by atoms with Crippen LogP contribution in [0.1, 0.15) is 14.7 Å². The van der Waals surface area contributed by atoms with Gasteiger partial charge in [0.2, 0.25) is 5.79 Å². The average molecular weight is 255 g/mol. The molecule has 0 spiro atoms. The Kier molecular flexibility index (Phi) is 6.29. The first-order valence-electron chi connectivity index (χ1n) is 5.33. The lowest BCUT2D eigenvalue weighted by Gasteiger charge is -2.33. The van der Waals surface area contributed by atoms with Gasteiger partial charge in [0.15, 0.2) is 0 Å². The fourth-order valence-electron chi connectivity index (χ4n) is 0.983. The standard InChI is InChI=1S/C9H18O6S/c1-2-3-15-9(14,5-16)8(13)7(12)6(11)4-10/h5-8,10-14H,2-4H2,1H3/t6-,7-,8+,9-/m1/s1/i5D. The Bertz CT molecular complexity index is 254. The predicted molar refractivity (Wildman–Crippen MR) is 60.0 cm³/mol. The zero-order valence-electron chi connectivity index (χ0n) is 9.91. The Morgan fingerprint density at radius 3 is 2.44 bits per heavy atom. The molecular weight excluding hydrogens is 236 g/mol. The maximum absolute atomic E-state index is 9.85. The summed E-state index contributed by atoms with van der Waals surface area (Å²) >= 11 is 4.44. The molecule has 0 saturated carbocycles. The van der Waals surface area contributed by atoms with Gasteiger partial charge < -0.3 is 30.3 Å². The van der Waals surface area contributed by atoms with Gasteiger partial charge >= 0.3 is 0 Å². The summed E-state index contributed by atoms with van der Waals surface area (Å²) in [5, 5.41) is 45.8. The van der Waals surface area contributed by atoms with Crippen LogP contribution in [0, 0.1) is 0 Å². The predicted octanol–water partition coefficient (Wildman–Crippen LogP) is -1.82. The van der Waals surface area contributed by atoms with Crippen LogP contribution < -0.4 is 0 Å². The molecule has 0 saturated heterocycles. The van der Waals surface area contributed by atoms with E-state index in [1.807, 2.05) is 0 Å². The maximum Gasteiger partial charge on any atom is 0.225 e. The van der Waals surface area contributed by atoms with E-state index in [1.165, 1.54) is 0 Å². The molecule has 0 radical (unpaired) electrons. The van der Waals surface area contributed by atoms with E-state index in [4.69, 9.17) is 16.3 Å². The largest absolute Gasteiger partial charge is 0.394 e. The Labute approximate surface area is 101 Å². The third kappa shape index (κ3) is 4.02. The summed E-state index contributed by atoms with van der Waals surface area (Å²) in [4.78, 5) is 0. The molecule has 96 valence electrons. The Morgan fingerprint density at radius 2 is 2.06 bits per heavy atom.